The van der Waals surface area contributed by atoms with E-state index in [9.17, 15) is 8.42 Å². The Bertz CT molecular complexity index is 765. The Morgan fingerprint density at radius 3 is 2.57 bits per heavy atom. The maximum Gasteiger partial charge on any atom is 0.220 e. The van der Waals surface area contributed by atoms with Crippen molar-refractivity contribution in [2.45, 2.75) is 30.6 Å². The summed E-state index contributed by atoms with van der Waals surface area (Å²) in [5.41, 5.74) is 0.891. The third-order valence-corrected chi connectivity index (χ3v) is 7.15. The van der Waals surface area contributed by atoms with Crippen LogP contribution in [0.2, 0.25) is 0 Å². The standard InChI is InChI=1S/C14H16N4O2S/c19-21(20)14(6-7-14)8-9-17(21)10-13-15-11-16-18(13)12-4-2-1-3-5-12/h1-5,11H,6-10H2. The van der Waals surface area contributed by atoms with Gasteiger partial charge in [0.1, 0.15) is 12.2 Å². The number of hydrogen-bond donors (Lipinski definition) is 0. The van der Waals surface area contributed by atoms with Gasteiger partial charge in [0.05, 0.1) is 17.0 Å². The number of benzene rings is 1. The van der Waals surface area contributed by atoms with Gasteiger partial charge in [-0.3, -0.25) is 0 Å². The number of para-hydroxylation sites is 1. The van der Waals surface area contributed by atoms with E-state index in [-0.39, 0.29) is 0 Å². The molecule has 0 atom stereocenters. The molecule has 1 saturated heterocycles. The Morgan fingerprint density at radius 1 is 1.14 bits per heavy atom. The van der Waals surface area contributed by atoms with Crippen molar-refractivity contribution >= 4 is 10.0 Å². The second-order valence-electron chi connectivity index (χ2n) is 5.70. The molecule has 2 heterocycles. The monoisotopic (exact) mass is 304 g/mol. The third kappa shape index (κ3) is 1.91. The van der Waals surface area contributed by atoms with Gasteiger partial charge >= 0.3 is 0 Å². The first-order chi connectivity index (χ1) is 10.1. The maximum atomic E-state index is 12.5. The van der Waals surface area contributed by atoms with Crippen molar-refractivity contribution in [2.75, 3.05) is 6.54 Å². The highest BCUT2D eigenvalue weighted by molar-refractivity contribution is 7.91. The summed E-state index contributed by atoms with van der Waals surface area (Å²) >= 11 is 0. The molecule has 1 aromatic carbocycles. The summed E-state index contributed by atoms with van der Waals surface area (Å²) in [4.78, 5) is 4.24. The molecule has 2 fully saturated rings. The SMILES string of the molecule is O=S1(=O)N(Cc2ncnn2-c2ccccc2)CCC12CC2. The van der Waals surface area contributed by atoms with Gasteiger partial charge in [-0.15, -0.1) is 0 Å². The van der Waals surface area contributed by atoms with Crippen LogP contribution in [0, 0.1) is 0 Å². The number of rotatable bonds is 3. The van der Waals surface area contributed by atoms with Crippen LogP contribution in [0.5, 0.6) is 0 Å². The Labute approximate surface area is 123 Å². The molecule has 1 spiro atoms. The van der Waals surface area contributed by atoms with Gasteiger partial charge in [0.25, 0.3) is 0 Å². The van der Waals surface area contributed by atoms with Crippen molar-refractivity contribution < 1.29 is 8.42 Å². The molecule has 1 aliphatic heterocycles. The van der Waals surface area contributed by atoms with Crippen molar-refractivity contribution in [3.8, 4) is 5.69 Å². The lowest BCUT2D eigenvalue weighted by atomic mass is 10.3. The zero-order chi connectivity index (χ0) is 14.5. The molecule has 110 valence electrons. The van der Waals surface area contributed by atoms with Gasteiger partial charge < -0.3 is 0 Å². The number of hydrogen-bond acceptors (Lipinski definition) is 4. The van der Waals surface area contributed by atoms with Crippen LogP contribution in [0.3, 0.4) is 0 Å². The van der Waals surface area contributed by atoms with Gasteiger partial charge in [-0.2, -0.15) is 9.40 Å². The molecule has 1 saturated carbocycles. The Morgan fingerprint density at radius 2 is 1.90 bits per heavy atom. The van der Waals surface area contributed by atoms with E-state index in [1.54, 1.807) is 8.99 Å². The van der Waals surface area contributed by atoms with Crippen molar-refractivity contribution in [3.63, 3.8) is 0 Å². The molecule has 0 unspecified atom stereocenters. The summed E-state index contributed by atoms with van der Waals surface area (Å²) in [5.74, 6) is 0.655. The zero-order valence-electron chi connectivity index (χ0n) is 11.5. The van der Waals surface area contributed by atoms with Crippen molar-refractivity contribution in [3.05, 3.63) is 42.5 Å². The lowest BCUT2D eigenvalue weighted by Crippen LogP contribution is -2.31. The minimum absolute atomic E-state index is 0.291. The fourth-order valence-corrected chi connectivity index (χ4v) is 5.11. The summed E-state index contributed by atoms with van der Waals surface area (Å²) in [7, 11) is -3.18. The summed E-state index contributed by atoms with van der Waals surface area (Å²) in [6, 6.07) is 9.64. The van der Waals surface area contributed by atoms with Crippen LogP contribution >= 0.6 is 0 Å². The van der Waals surface area contributed by atoms with E-state index in [2.05, 4.69) is 10.1 Å². The van der Waals surface area contributed by atoms with Crippen LogP contribution in [-0.2, 0) is 16.6 Å². The number of aromatic nitrogens is 3. The molecule has 0 radical (unpaired) electrons. The molecule has 2 aliphatic rings. The van der Waals surface area contributed by atoms with Gasteiger partial charge in [-0.05, 0) is 31.4 Å². The predicted molar refractivity (Wildman–Crippen MR) is 77.3 cm³/mol. The van der Waals surface area contributed by atoms with Gasteiger partial charge in [-0.1, -0.05) is 18.2 Å². The summed E-state index contributed by atoms with van der Waals surface area (Å²) < 4.78 is 27.8. The lowest BCUT2D eigenvalue weighted by Gasteiger charge is -2.16. The molecule has 7 heteroatoms. The zero-order valence-corrected chi connectivity index (χ0v) is 12.3. The predicted octanol–water partition coefficient (Wildman–Crippen LogP) is 1.34. The average Bonchev–Trinajstić information content (AvgIpc) is 3.09. The second-order valence-corrected chi connectivity index (χ2v) is 8.03. The molecule has 4 rings (SSSR count). The van der Waals surface area contributed by atoms with Crippen LogP contribution in [0.4, 0.5) is 0 Å². The quantitative estimate of drug-likeness (QED) is 0.858. The van der Waals surface area contributed by atoms with E-state index in [4.69, 9.17) is 0 Å². The summed E-state index contributed by atoms with van der Waals surface area (Å²) in [6.45, 7) is 0.878. The van der Waals surface area contributed by atoms with E-state index in [1.807, 2.05) is 30.3 Å². The fourth-order valence-electron chi connectivity index (χ4n) is 2.98. The third-order valence-electron chi connectivity index (χ3n) is 4.45. The molecule has 21 heavy (non-hydrogen) atoms. The minimum Gasteiger partial charge on any atom is -0.218 e. The van der Waals surface area contributed by atoms with E-state index in [0.29, 0.717) is 18.9 Å². The Hall–Kier alpha value is -1.73. The second kappa shape index (κ2) is 4.38. The van der Waals surface area contributed by atoms with E-state index in [1.165, 1.54) is 6.33 Å². The number of nitrogens with zero attached hydrogens (tertiary/aromatic N) is 4. The summed E-state index contributed by atoms with van der Waals surface area (Å²) in [5, 5.41) is 4.21. The Balaban J connectivity index is 1.64. The highest BCUT2D eigenvalue weighted by Crippen LogP contribution is 2.52. The largest absolute Gasteiger partial charge is 0.220 e. The van der Waals surface area contributed by atoms with Crippen LogP contribution in [0.1, 0.15) is 25.1 Å². The van der Waals surface area contributed by atoms with Crippen LogP contribution in [0.15, 0.2) is 36.7 Å². The van der Waals surface area contributed by atoms with Gasteiger partial charge in [0, 0.05) is 6.54 Å². The van der Waals surface area contributed by atoms with Crippen LogP contribution in [0.25, 0.3) is 5.69 Å². The topological polar surface area (TPSA) is 68.1 Å². The lowest BCUT2D eigenvalue weighted by molar-refractivity contribution is 0.425. The molecule has 0 bridgehead atoms. The average molecular weight is 304 g/mol. The van der Waals surface area contributed by atoms with E-state index < -0.39 is 14.8 Å². The molecular formula is C14H16N4O2S. The molecule has 0 amide bonds. The first-order valence-corrected chi connectivity index (χ1v) is 8.50. The van der Waals surface area contributed by atoms with Crippen molar-refractivity contribution in [1.82, 2.24) is 19.1 Å². The molecule has 1 aromatic heterocycles. The Kier molecular flexibility index (Phi) is 2.71. The highest BCUT2D eigenvalue weighted by atomic mass is 32.2. The molecule has 2 aromatic rings. The molecular weight excluding hydrogens is 288 g/mol. The fraction of sp³-hybridized carbons (Fsp3) is 0.429. The van der Waals surface area contributed by atoms with E-state index >= 15 is 0 Å². The van der Waals surface area contributed by atoms with Gasteiger partial charge in [0.15, 0.2) is 0 Å². The van der Waals surface area contributed by atoms with Crippen molar-refractivity contribution in [2.24, 2.45) is 0 Å². The highest BCUT2D eigenvalue weighted by Gasteiger charge is 2.60. The smallest absolute Gasteiger partial charge is 0.218 e. The molecule has 6 nitrogen and oxygen atoms in total. The first kappa shape index (κ1) is 13.0. The van der Waals surface area contributed by atoms with Crippen LogP contribution in [-0.4, -0.2) is 38.8 Å². The summed E-state index contributed by atoms with van der Waals surface area (Å²) in [6.07, 6.45) is 3.82. The van der Waals surface area contributed by atoms with Gasteiger partial charge in [0.2, 0.25) is 10.0 Å². The van der Waals surface area contributed by atoms with E-state index in [0.717, 1.165) is 24.9 Å². The molecule has 0 N–H and O–H groups in total. The molecule has 1 aliphatic carbocycles. The minimum atomic E-state index is -3.18. The van der Waals surface area contributed by atoms with Gasteiger partial charge in [-0.25, -0.2) is 18.1 Å². The maximum absolute atomic E-state index is 12.5. The normalized spacial score (nSPS) is 22.7. The first-order valence-electron chi connectivity index (χ1n) is 7.06. The van der Waals surface area contributed by atoms with Crippen molar-refractivity contribution in [1.29, 1.82) is 0 Å². The number of sulfonamides is 1. The van der Waals surface area contributed by atoms with Crippen LogP contribution < -0.4 is 0 Å².